The van der Waals surface area contributed by atoms with Crippen molar-refractivity contribution in [2.45, 2.75) is 39.7 Å². The van der Waals surface area contributed by atoms with Crippen LogP contribution in [0.15, 0.2) is 18.2 Å². The molecule has 3 heteroatoms. The van der Waals surface area contributed by atoms with Crippen molar-refractivity contribution in [3.63, 3.8) is 0 Å². The topological polar surface area (TPSA) is 29.5 Å². The second-order valence-corrected chi connectivity index (χ2v) is 4.61. The number of benzene rings is 1. The molecule has 0 aliphatic heterocycles. The normalized spacial score (nSPS) is 14.4. The molecule has 2 unspecified atom stereocenters. The molecule has 0 saturated heterocycles. The van der Waals surface area contributed by atoms with E-state index in [2.05, 4.69) is 13.8 Å². The molecule has 0 bridgehead atoms. The fraction of sp³-hybridized carbons (Fsp3) is 0.571. The second kappa shape index (κ2) is 6.60. The third-order valence-corrected chi connectivity index (χ3v) is 2.78. The van der Waals surface area contributed by atoms with Gasteiger partial charge in [-0.15, -0.1) is 0 Å². The molecule has 1 aromatic carbocycles. The fourth-order valence-electron chi connectivity index (χ4n) is 1.60. The van der Waals surface area contributed by atoms with Crippen LogP contribution in [0.25, 0.3) is 0 Å². The number of rotatable bonds is 6. The van der Waals surface area contributed by atoms with Crippen LogP contribution in [0.1, 0.15) is 32.8 Å². The summed E-state index contributed by atoms with van der Waals surface area (Å²) in [6, 6.07) is 4.96. The van der Waals surface area contributed by atoms with Crippen LogP contribution in [0.4, 0.5) is 4.39 Å². The van der Waals surface area contributed by atoms with E-state index in [1.807, 2.05) is 6.07 Å². The molecule has 2 atom stereocenters. The third kappa shape index (κ3) is 4.35. The number of hydrogen-bond acceptors (Lipinski definition) is 2. The van der Waals surface area contributed by atoms with Gasteiger partial charge in [-0.25, -0.2) is 4.39 Å². The van der Waals surface area contributed by atoms with Crippen LogP contribution in [0.2, 0.25) is 0 Å². The SMILES string of the molecule is CCC(C)Cc1cccc(F)c1OCC(C)O. The Morgan fingerprint density at radius 1 is 1.35 bits per heavy atom. The van der Waals surface area contributed by atoms with Gasteiger partial charge in [0.2, 0.25) is 0 Å². The van der Waals surface area contributed by atoms with Crippen LogP contribution in [0.5, 0.6) is 5.75 Å². The smallest absolute Gasteiger partial charge is 0.165 e. The van der Waals surface area contributed by atoms with E-state index in [-0.39, 0.29) is 18.2 Å². The van der Waals surface area contributed by atoms with Gasteiger partial charge < -0.3 is 9.84 Å². The van der Waals surface area contributed by atoms with Gasteiger partial charge in [0, 0.05) is 0 Å². The lowest BCUT2D eigenvalue weighted by atomic mass is 9.98. The number of hydrogen-bond donors (Lipinski definition) is 1. The van der Waals surface area contributed by atoms with Crippen molar-refractivity contribution in [1.82, 2.24) is 0 Å². The molecule has 0 spiro atoms. The average Bonchev–Trinajstić information content (AvgIpc) is 2.27. The predicted molar refractivity (Wildman–Crippen MR) is 66.7 cm³/mol. The van der Waals surface area contributed by atoms with Crippen molar-refractivity contribution in [2.75, 3.05) is 6.61 Å². The highest BCUT2D eigenvalue weighted by atomic mass is 19.1. The highest BCUT2D eigenvalue weighted by Gasteiger charge is 2.12. The molecule has 0 aliphatic rings. The van der Waals surface area contributed by atoms with Gasteiger partial charge in [-0.1, -0.05) is 32.4 Å². The Hall–Kier alpha value is -1.09. The molecule has 0 aliphatic carbocycles. The molecule has 17 heavy (non-hydrogen) atoms. The van der Waals surface area contributed by atoms with Crippen molar-refractivity contribution in [2.24, 2.45) is 5.92 Å². The molecule has 0 heterocycles. The molecule has 1 aromatic rings. The molecule has 0 aromatic heterocycles. The Morgan fingerprint density at radius 3 is 2.65 bits per heavy atom. The number of aliphatic hydroxyl groups excluding tert-OH is 1. The Labute approximate surface area is 102 Å². The first-order valence-corrected chi connectivity index (χ1v) is 6.12. The Balaban J connectivity index is 2.84. The lowest BCUT2D eigenvalue weighted by Crippen LogP contribution is -2.15. The molecule has 0 amide bonds. The van der Waals surface area contributed by atoms with E-state index in [1.54, 1.807) is 13.0 Å². The summed E-state index contributed by atoms with van der Waals surface area (Å²) in [6.45, 7) is 5.98. The van der Waals surface area contributed by atoms with Crippen molar-refractivity contribution in [1.29, 1.82) is 0 Å². The summed E-state index contributed by atoms with van der Waals surface area (Å²) in [6.07, 6.45) is 1.25. The zero-order valence-corrected chi connectivity index (χ0v) is 10.7. The zero-order chi connectivity index (χ0) is 12.8. The largest absolute Gasteiger partial charge is 0.488 e. The second-order valence-electron chi connectivity index (χ2n) is 4.61. The molecule has 96 valence electrons. The van der Waals surface area contributed by atoms with Crippen molar-refractivity contribution in [3.8, 4) is 5.75 Å². The summed E-state index contributed by atoms with van der Waals surface area (Å²) in [5, 5.41) is 9.18. The number of aliphatic hydroxyl groups is 1. The minimum atomic E-state index is -0.592. The van der Waals surface area contributed by atoms with E-state index in [9.17, 15) is 9.50 Å². The van der Waals surface area contributed by atoms with E-state index in [1.165, 1.54) is 6.07 Å². The van der Waals surface area contributed by atoms with Crippen LogP contribution in [0.3, 0.4) is 0 Å². The summed E-state index contributed by atoms with van der Waals surface area (Å²) in [4.78, 5) is 0. The van der Waals surface area contributed by atoms with Crippen molar-refractivity contribution >= 4 is 0 Å². The summed E-state index contributed by atoms with van der Waals surface area (Å²) in [5.41, 5.74) is 0.875. The van der Waals surface area contributed by atoms with Crippen molar-refractivity contribution in [3.05, 3.63) is 29.6 Å². The number of halogens is 1. The van der Waals surface area contributed by atoms with Gasteiger partial charge in [0.25, 0.3) is 0 Å². The first kappa shape index (κ1) is 14.0. The minimum absolute atomic E-state index is 0.119. The average molecular weight is 240 g/mol. The summed E-state index contributed by atoms with van der Waals surface area (Å²) >= 11 is 0. The minimum Gasteiger partial charge on any atom is -0.488 e. The van der Waals surface area contributed by atoms with Gasteiger partial charge in [0.05, 0.1) is 6.10 Å². The highest BCUT2D eigenvalue weighted by Crippen LogP contribution is 2.26. The van der Waals surface area contributed by atoms with E-state index in [4.69, 9.17) is 4.74 Å². The first-order valence-electron chi connectivity index (χ1n) is 6.12. The van der Waals surface area contributed by atoms with Gasteiger partial charge in [0.1, 0.15) is 6.61 Å². The van der Waals surface area contributed by atoms with E-state index in [0.717, 1.165) is 18.4 Å². The molecule has 1 N–H and O–H groups in total. The van der Waals surface area contributed by atoms with Crippen LogP contribution < -0.4 is 4.74 Å². The highest BCUT2D eigenvalue weighted by molar-refractivity contribution is 5.35. The van der Waals surface area contributed by atoms with E-state index in [0.29, 0.717) is 5.92 Å². The summed E-state index contributed by atoms with van der Waals surface area (Å²) < 4.78 is 19.0. The maximum Gasteiger partial charge on any atom is 0.165 e. The molecule has 0 saturated carbocycles. The molecule has 0 radical (unpaired) electrons. The number of para-hydroxylation sites is 1. The van der Waals surface area contributed by atoms with Crippen LogP contribution in [-0.2, 0) is 6.42 Å². The lowest BCUT2D eigenvalue weighted by molar-refractivity contribution is 0.119. The van der Waals surface area contributed by atoms with Crippen LogP contribution >= 0.6 is 0 Å². The fourth-order valence-corrected chi connectivity index (χ4v) is 1.60. The maximum atomic E-state index is 13.6. The first-order chi connectivity index (χ1) is 8.04. The molecular weight excluding hydrogens is 219 g/mol. The maximum absolute atomic E-state index is 13.6. The van der Waals surface area contributed by atoms with Gasteiger partial charge in [0.15, 0.2) is 11.6 Å². The molecule has 0 fully saturated rings. The lowest BCUT2D eigenvalue weighted by Gasteiger charge is -2.15. The zero-order valence-electron chi connectivity index (χ0n) is 10.7. The van der Waals surface area contributed by atoms with Gasteiger partial charge in [-0.3, -0.25) is 0 Å². The monoisotopic (exact) mass is 240 g/mol. The molecule has 1 rings (SSSR count). The Morgan fingerprint density at radius 2 is 2.06 bits per heavy atom. The van der Waals surface area contributed by atoms with Crippen LogP contribution in [-0.4, -0.2) is 17.8 Å². The van der Waals surface area contributed by atoms with Gasteiger partial charge in [-0.2, -0.15) is 0 Å². The Bertz CT molecular complexity index is 350. The molecular formula is C14H21FO2. The summed E-state index contributed by atoms with van der Waals surface area (Å²) in [5.74, 6) is 0.422. The van der Waals surface area contributed by atoms with Crippen LogP contribution in [0, 0.1) is 11.7 Å². The Kier molecular flexibility index (Phi) is 5.42. The third-order valence-electron chi connectivity index (χ3n) is 2.78. The predicted octanol–water partition coefficient (Wildman–Crippen LogP) is 3.17. The van der Waals surface area contributed by atoms with E-state index >= 15 is 0 Å². The standard InChI is InChI=1S/C14H21FO2/c1-4-10(2)8-12-6-5-7-13(15)14(12)17-9-11(3)16/h5-7,10-11,16H,4,8-9H2,1-3H3. The summed E-state index contributed by atoms with van der Waals surface area (Å²) in [7, 11) is 0. The van der Waals surface area contributed by atoms with E-state index < -0.39 is 6.10 Å². The van der Waals surface area contributed by atoms with Gasteiger partial charge >= 0.3 is 0 Å². The molecule has 2 nitrogen and oxygen atoms in total. The quantitative estimate of drug-likeness (QED) is 0.827. The van der Waals surface area contributed by atoms with Gasteiger partial charge in [-0.05, 0) is 30.9 Å². The van der Waals surface area contributed by atoms with Crippen molar-refractivity contribution < 1.29 is 14.2 Å². The number of ether oxygens (including phenoxy) is 1.